The number of hydrogen-bond donors (Lipinski definition) is 0. The van der Waals surface area contributed by atoms with E-state index in [0.29, 0.717) is 5.56 Å². The van der Waals surface area contributed by atoms with Gasteiger partial charge < -0.3 is 4.42 Å². The zero-order chi connectivity index (χ0) is 46.9. The van der Waals surface area contributed by atoms with Crippen LogP contribution in [-0.4, -0.2) is 0 Å². The average molecular weight is 591 g/mol. The molecule has 0 aliphatic rings. The molecule has 208 valence electrons. The third kappa shape index (κ3) is 3.50. The molecule has 0 atom stereocenters. The zero-order valence-electron chi connectivity index (χ0n) is 42.9. The summed E-state index contributed by atoms with van der Waals surface area (Å²) in [4.78, 5) is 0. The first kappa shape index (κ1) is 12.2. The highest BCUT2D eigenvalue weighted by Gasteiger charge is 2.18. The molecule has 0 N–H and O–H groups in total. The predicted octanol–water partition coefficient (Wildman–Crippen LogP) is 12.7. The number of rotatable bonds is 2. The SMILES string of the molecule is [2H]c1cc2c(-c3ccccc3)c3c([2H])c([2H])c([2H])c([2H])c3c(-c3c([2H])c([2H])c4c(oc5c([2H])c6c7c([2H])c([2H])c([2H])c([2H])c7c7c([2H])c([2H])c([2H])c([2H])c7c6c([2H])c54)c3[2H])c2c([2H])c1[2H]. The summed E-state index contributed by atoms with van der Waals surface area (Å²) < 4.78 is 187. The van der Waals surface area contributed by atoms with E-state index in [4.69, 9.17) is 20.9 Å². The molecule has 1 heteroatoms. The summed E-state index contributed by atoms with van der Waals surface area (Å²) in [5, 5.41) is -3.24. The van der Waals surface area contributed by atoms with Crippen molar-refractivity contribution < 1.29 is 31.8 Å². The molecule has 0 radical (unpaired) electrons. The van der Waals surface area contributed by atoms with Gasteiger partial charge in [-0.25, -0.2) is 0 Å². The van der Waals surface area contributed by atoms with Crippen LogP contribution in [0, 0.1) is 0 Å². The van der Waals surface area contributed by atoms with Gasteiger partial charge in [-0.05, 0) is 100 Å². The smallest absolute Gasteiger partial charge is 0.136 e. The highest BCUT2D eigenvalue weighted by molar-refractivity contribution is 6.28. The van der Waals surface area contributed by atoms with Crippen LogP contribution < -0.4 is 0 Å². The molecule has 10 rings (SSSR count). The zero-order valence-corrected chi connectivity index (χ0v) is 22.9. The number of furan rings is 1. The molecule has 0 bridgehead atoms. The van der Waals surface area contributed by atoms with Gasteiger partial charge in [0.1, 0.15) is 11.2 Å². The topological polar surface area (TPSA) is 13.1 Å². The number of fused-ring (bicyclic) bond motifs is 11. The van der Waals surface area contributed by atoms with E-state index in [1.807, 2.05) is 0 Å². The summed E-state index contributed by atoms with van der Waals surface area (Å²) in [6.07, 6.45) is 0. The monoisotopic (exact) mass is 590 g/mol. The molecule has 0 saturated carbocycles. The van der Waals surface area contributed by atoms with E-state index in [1.165, 1.54) is 6.07 Å². The lowest BCUT2D eigenvalue weighted by atomic mass is 9.86. The van der Waals surface area contributed by atoms with E-state index in [-0.39, 0.29) is 75.8 Å². The molecular formula is C44H26O. The van der Waals surface area contributed by atoms with Gasteiger partial charge in [-0.15, -0.1) is 0 Å². The van der Waals surface area contributed by atoms with Crippen molar-refractivity contribution in [3.05, 3.63) is 157 Å². The van der Waals surface area contributed by atoms with E-state index >= 15 is 0 Å². The fraction of sp³-hybridized carbons (Fsp3) is 0. The van der Waals surface area contributed by atoms with Gasteiger partial charge in [0.2, 0.25) is 0 Å². The van der Waals surface area contributed by atoms with Gasteiger partial charge in [-0.1, -0.05) is 133 Å². The predicted molar refractivity (Wildman–Crippen MR) is 192 cm³/mol. The largest absolute Gasteiger partial charge is 0.456 e. The van der Waals surface area contributed by atoms with E-state index in [2.05, 4.69) is 0 Å². The van der Waals surface area contributed by atoms with Crippen molar-refractivity contribution in [1.82, 2.24) is 0 Å². The Kier molecular flexibility index (Phi) is 2.52. The Bertz CT molecular complexity index is 3940. The number of benzene rings is 9. The second kappa shape index (κ2) is 9.29. The van der Waals surface area contributed by atoms with Crippen LogP contribution in [0.2, 0.25) is 0 Å². The van der Waals surface area contributed by atoms with Gasteiger partial charge in [-0.3, -0.25) is 0 Å². The molecule has 1 nitrogen and oxygen atoms in total. The Morgan fingerprint density at radius 2 is 0.844 bits per heavy atom. The van der Waals surface area contributed by atoms with Crippen molar-refractivity contribution in [2.24, 2.45) is 0 Å². The fourth-order valence-corrected chi connectivity index (χ4v) is 6.20. The number of hydrogen-bond acceptors (Lipinski definition) is 1. The minimum absolute atomic E-state index is 0.0748. The van der Waals surface area contributed by atoms with Crippen LogP contribution in [0.4, 0.5) is 0 Å². The van der Waals surface area contributed by atoms with Crippen molar-refractivity contribution in [2.75, 3.05) is 0 Å². The molecular weight excluding hydrogens is 544 g/mol. The summed E-state index contributed by atoms with van der Waals surface area (Å²) in [5.41, 5.74) is -1.16. The first-order valence-electron chi connectivity index (χ1n) is 23.9. The quantitative estimate of drug-likeness (QED) is 0.144. The Hall–Kier alpha value is -5.92. The molecule has 0 amide bonds. The average Bonchev–Trinajstić information content (AvgIpc) is 3.71. The van der Waals surface area contributed by atoms with E-state index < -0.39 is 138 Å². The maximum absolute atomic E-state index is 9.76. The van der Waals surface area contributed by atoms with Gasteiger partial charge in [0, 0.05) is 10.8 Å². The highest BCUT2D eigenvalue weighted by atomic mass is 16.3. The van der Waals surface area contributed by atoms with Crippen molar-refractivity contribution in [1.29, 1.82) is 0 Å². The van der Waals surface area contributed by atoms with Gasteiger partial charge in [-0.2, -0.15) is 0 Å². The van der Waals surface area contributed by atoms with Crippen molar-refractivity contribution >= 4 is 75.8 Å². The molecule has 0 aliphatic carbocycles. The second-order valence-electron chi connectivity index (χ2n) is 10.5. The molecule has 0 unspecified atom stereocenters. The maximum Gasteiger partial charge on any atom is 0.136 e. The minimum Gasteiger partial charge on any atom is -0.456 e. The standard InChI is InChI=1S/C44H26O/c1-2-12-27(13-3-1)43-34-18-8-10-20-36(34)44(37-21-11-9-19-35(37)43)28-22-23-33-40-25-38-31-16-6-4-14-29(31)30-15-5-7-17-32(30)39(38)26-42(40)45-41(33)24-28/h1-26H/i4D,5D,6D,7D,8D,9D,10D,11D,14D,15D,16D,17D,18D,20D,21D,22D,23D,24D,25D,26D. The van der Waals surface area contributed by atoms with Crippen molar-refractivity contribution in [3.63, 3.8) is 0 Å². The van der Waals surface area contributed by atoms with Crippen LogP contribution in [0.15, 0.2) is 162 Å². The van der Waals surface area contributed by atoms with Crippen molar-refractivity contribution in [2.45, 2.75) is 0 Å². The first-order valence-corrected chi connectivity index (χ1v) is 13.9. The fourth-order valence-electron chi connectivity index (χ4n) is 6.20. The Balaban J connectivity index is 1.48. The Morgan fingerprint density at radius 3 is 1.51 bits per heavy atom. The van der Waals surface area contributed by atoms with Crippen LogP contribution >= 0.6 is 0 Å². The van der Waals surface area contributed by atoms with Crippen LogP contribution in [-0.2, 0) is 0 Å². The third-order valence-corrected chi connectivity index (χ3v) is 8.09. The molecule has 0 aliphatic heterocycles. The third-order valence-electron chi connectivity index (χ3n) is 8.09. The molecule has 9 aromatic carbocycles. The van der Waals surface area contributed by atoms with Gasteiger partial charge >= 0.3 is 0 Å². The van der Waals surface area contributed by atoms with Crippen LogP contribution in [0.3, 0.4) is 0 Å². The van der Waals surface area contributed by atoms with Crippen LogP contribution in [0.5, 0.6) is 0 Å². The summed E-state index contributed by atoms with van der Waals surface area (Å²) in [7, 11) is 0. The van der Waals surface area contributed by atoms with Crippen LogP contribution in [0.25, 0.3) is 98.1 Å². The summed E-state index contributed by atoms with van der Waals surface area (Å²) in [6.45, 7) is 0. The molecule has 45 heavy (non-hydrogen) atoms. The van der Waals surface area contributed by atoms with E-state index in [9.17, 15) is 11.0 Å². The molecule has 0 spiro atoms. The lowest BCUT2D eigenvalue weighted by Gasteiger charge is -2.17. The van der Waals surface area contributed by atoms with Gasteiger partial charge in [0.05, 0.1) is 27.4 Å². The summed E-state index contributed by atoms with van der Waals surface area (Å²) in [6, 6.07) is -3.40. The Morgan fingerprint density at radius 1 is 0.333 bits per heavy atom. The minimum atomic E-state index is -0.751. The lowest BCUT2D eigenvalue weighted by molar-refractivity contribution is 0.669. The molecule has 10 aromatic rings. The van der Waals surface area contributed by atoms with Gasteiger partial charge in [0.15, 0.2) is 0 Å². The van der Waals surface area contributed by atoms with E-state index in [1.54, 1.807) is 30.3 Å². The van der Waals surface area contributed by atoms with E-state index in [0.717, 1.165) is 0 Å². The molecule has 1 aromatic heterocycles. The molecule has 0 fully saturated rings. The second-order valence-corrected chi connectivity index (χ2v) is 10.5. The highest BCUT2D eigenvalue weighted by Crippen LogP contribution is 2.45. The van der Waals surface area contributed by atoms with Gasteiger partial charge in [0.25, 0.3) is 0 Å². The lowest BCUT2D eigenvalue weighted by Crippen LogP contribution is -1.90. The van der Waals surface area contributed by atoms with Crippen molar-refractivity contribution in [3.8, 4) is 22.3 Å². The summed E-state index contributed by atoms with van der Waals surface area (Å²) >= 11 is 0. The molecule has 1 heterocycles. The Labute approximate surface area is 287 Å². The first-order chi connectivity index (χ1) is 30.7. The maximum atomic E-state index is 9.76. The normalized spacial score (nSPS) is 18.2. The molecule has 0 saturated heterocycles. The summed E-state index contributed by atoms with van der Waals surface area (Å²) in [5.74, 6) is 0. The van der Waals surface area contributed by atoms with Crippen LogP contribution in [0.1, 0.15) is 27.4 Å².